The lowest BCUT2D eigenvalue weighted by atomic mass is 10.7. The Morgan fingerprint density at radius 2 is 1.90 bits per heavy atom. The Hall–Kier alpha value is -1.49. The van der Waals surface area contributed by atoms with Crippen LogP contribution in [-0.2, 0) is 4.79 Å². The number of nitrogens with one attached hydrogen (secondary N) is 1. The van der Waals surface area contributed by atoms with Crippen molar-refractivity contribution in [3.8, 4) is 0 Å². The summed E-state index contributed by atoms with van der Waals surface area (Å²) in [6.45, 7) is 0. The van der Waals surface area contributed by atoms with Crippen LogP contribution in [-0.4, -0.2) is 16.4 Å². The minimum atomic E-state index is 0.403. The summed E-state index contributed by atoms with van der Waals surface area (Å²) >= 11 is 0. The second kappa shape index (κ2) is 7.51. The monoisotopic (exact) mass is 140 g/mol. The topological polar surface area (TPSA) is 80.9 Å². The molecule has 1 aromatic rings. The summed E-state index contributed by atoms with van der Waals surface area (Å²) < 4.78 is 0. The highest BCUT2D eigenvalue weighted by Crippen LogP contribution is 1.66. The lowest BCUT2D eigenvalue weighted by Gasteiger charge is -1.70. The van der Waals surface area contributed by atoms with Crippen LogP contribution in [0.15, 0.2) is 24.8 Å². The van der Waals surface area contributed by atoms with Gasteiger partial charge in [-0.1, -0.05) is 0 Å². The maximum absolute atomic E-state index is 8.94. The number of hydrazine groups is 1. The van der Waals surface area contributed by atoms with Gasteiger partial charge in [0, 0.05) is 12.4 Å². The minimum Gasteiger partial charge on any atom is -0.297 e. The van der Waals surface area contributed by atoms with Crippen molar-refractivity contribution in [2.24, 2.45) is 5.84 Å². The van der Waals surface area contributed by atoms with Gasteiger partial charge in [-0.05, 0) is 6.07 Å². The number of carbonyl (C=O) groups excluding carboxylic acids is 1. The van der Waals surface area contributed by atoms with E-state index in [4.69, 9.17) is 4.79 Å². The molecule has 0 saturated carbocycles. The van der Waals surface area contributed by atoms with Gasteiger partial charge >= 0.3 is 0 Å². The lowest BCUT2D eigenvalue weighted by molar-refractivity contribution is -0.109. The van der Waals surface area contributed by atoms with Crippen molar-refractivity contribution in [2.75, 3.05) is 0 Å². The first kappa shape index (κ1) is 8.51. The van der Waals surface area contributed by atoms with Crippen molar-refractivity contribution in [3.63, 3.8) is 0 Å². The number of carbonyl (C=O) groups is 1. The van der Waals surface area contributed by atoms with Gasteiger partial charge in [0.1, 0.15) is 6.33 Å². The van der Waals surface area contributed by atoms with Gasteiger partial charge < -0.3 is 0 Å². The van der Waals surface area contributed by atoms with E-state index in [2.05, 4.69) is 15.8 Å². The highest BCUT2D eigenvalue weighted by molar-refractivity contribution is 5.44. The molecule has 0 aliphatic carbocycles. The van der Waals surface area contributed by atoms with E-state index in [1.54, 1.807) is 23.9 Å². The molecule has 0 radical (unpaired) electrons. The predicted molar refractivity (Wildman–Crippen MR) is 35.4 cm³/mol. The first-order valence-electron chi connectivity index (χ1n) is 2.51. The van der Waals surface area contributed by atoms with E-state index in [1.807, 2.05) is 0 Å². The molecule has 0 spiro atoms. The fourth-order valence-electron chi connectivity index (χ4n) is 0.253. The summed E-state index contributed by atoms with van der Waals surface area (Å²) in [5, 5.41) is 0. The molecule has 0 aliphatic rings. The van der Waals surface area contributed by atoms with Crippen LogP contribution in [0.2, 0.25) is 0 Å². The third-order valence-corrected chi connectivity index (χ3v) is 0.546. The van der Waals surface area contributed by atoms with Crippen LogP contribution in [0.4, 0.5) is 0 Å². The Kier molecular flexibility index (Phi) is 6.39. The van der Waals surface area contributed by atoms with Gasteiger partial charge in [0.15, 0.2) is 0 Å². The molecular weight excluding hydrogens is 132 g/mol. The first-order valence-corrected chi connectivity index (χ1v) is 2.51. The molecule has 1 rings (SSSR count). The highest BCUT2D eigenvalue weighted by Gasteiger charge is 1.59. The zero-order valence-electron chi connectivity index (χ0n) is 5.27. The average Bonchev–Trinajstić information content (AvgIpc) is 2.08. The quantitative estimate of drug-likeness (QED) is 0.229. The average molecular weight is 140 g/mol. The summed E-state index contributed by atoms with van der Waals surface area (Å²) in [4.78, 5) is 16.3. The van der Waals surface area contributed by atoms with Gasteiger partial charge in [0.25, 0.3) is 0 Å². The number of hydrogen-bond donors (Lipinski definition) is 2. The van der Waals surface area contributed by atoms with E-state index in [0.29, 0.717) is 6.41 Å². The number of aromatic nitrogens is 2. The van der Waals surface area contributed by atoms with Gasteiger partial charge in [-0.3, -0.25) is 10.2 Å². The van der Waals surface area contributed by atoms with Crippen molar-refractivity contribution in [1.29, 1.82) is 0 Å². The van der Waals surface area contributed by atoms with E-state index in [-0.39, 0.29) is 0 Å². The second-order valence-corrected chi connectivity index (χ2v) is 1.19. The Morgan fingerprint density at radius 3 is 2.00 bits per heavy atom. The SMILES string of the molecule is NNC=O.c1cncnc1. The number of rotatable bonds is 1. The van der Waals surface area contributed by atoms with Crippen molar-refractivity contribution >= 4 is 6.41 Å². The number of nitrogens with two attached hydrogens (primary N) is 1. The fraction of sp³-hybridized carbons (Fsp3) is 0. The summed E-state index contributed by atoms with van der Waals surface area (Å²) in [6.07, 6.45) is 5.28. The van der Waals surface area contributed by atoms with Crippen molar-refractivity contribution in [2.45, 2.75) is 0 Å². The summed E-state index contributed by atoms with van der Waals surface area (Å²) in [5.41, 5.74) is 1.75. The molecule has 0 atom stereocenters. The third kappa shape index (κ3) is 6.51. The van der Waals surface area contributed by atoms with E-state index in [0.717, 1.165) is 0 Å². The van der Waals surface area contributed by atoms with E-state index < -0.39 is 0 Å². The van der Waals surface area contributed by atoms with Crippen LogP contribution in [0, 0.1) is 0 Å². The molecule has 3 N–H and O–H groups in total. The van der Waals surface area contributed by atoms with Crippen molar-refractivity contribution < 1.29 is 4.79 Å². The van der Waals surface area contributed by atoms with Gasteiger partial charge in [0.05, 0.1) is 0 Å². The van der Waals surface area contributed by atoms with Gasteiger partial charge in [-0.25, -0.2) is 15.8 Å². The third-order valence-electron chi connectivity index (χ3n) is 0.546. The Bertz CT molecular complexity index is 128. The summed E-state index contributed by atoms with van der Waals surface area (Å²) in [6, 6.07) is 1.78. The van der Waals surface area contributed by atoms with E-state index >= 15 is 0 Å². The van der Waals surface area contributed by atoms with Crippen LogP contribution >= 0.6 is 0 Å². The molecule has 0 bridgehead atoms. The number of amides is 1. The van der Waals surface area contributed by atoms with Gasteiger partial charge in [-0.15, -0.1) is 0 Å². The molecule has 1 heterocycles. The smallest absolute Gasteiger partial charge is 0.221 e. The molecule has 0 fully saturated rings. The Balaban J connectivity index is 0.000000180. The van der Waals surface area contributed by atoms with Crippen LogP contribution in [0.25, 0.3) is 0 Å². The summed E-state index contributed by atoms with van der Waals surface area (Å²) in [7, 11) is 0. The van der Waals surface area contributed by atoms with Crippen LogP contribution < -0.4 is 11.3 Å². The van der Waals surface area contributed by atoms with Crippen LogP contribution in [0.3, 0.4) is 0 Å². The van der Waals surface area contributed by atoms with E-state index in [1.165, 1.54) is 6.33 Å². The molecule has 1 aromatic heterocycles. The standard InChI is InChI=1S/C4H4N2.CH4N2O/c1-2-5-4-6-3-1;2-3-1-4/h1-4H;1H,2H2,(H,3,4). The number of nitrogens with zero attached hydrogens (tertiary/aromatic N) is 2. The maximum atomic E-state index is 8.94. The van der Waals surface area contributed by atoms with Crippen molar-refractivity contribution in [1.82, 2.24) is 15.4 Å². The zero-order chi connectivity index (χ0) is 7.66. The van der Waals surface area contributed by atoms with Crippen LogP contribution in [0.1, 0.15) is 0 Å². The molecule has 0 aliphatic heterocycles. The number of hydrogen-bond acceptors (Lipinski definition) is 4. The largest absolute Gasteiger partial charge is 0.297 e. The molecule has 5 nitrogen and oxygen atoms in total. The molecule has 0 aromatic carbocycles. The van der Waals surface area contributed by atoms with Crippen molar-refractivity contribution in [3.05, 3.63) is 24.8 Å². The molecule has 0 unspecified atom stereocenters. The molecule has 54 valence electrons. The van der Waals surface area contributed by atoms with Gasteiger partial charge in [-0.2, -0.15) is 0 Å². The second-order valence-electron chi connectivity index (χ2n) is 1.19. The molecule has 0 saturated heterocycles. The molecular formula is C5H8N4O. The minimum absolute atomic E-state index is 0.403. The lowest BCUT2D eigenvalue weighted by Crippen LogP contribution is -2.18. The van der Waals surface area contributed by atoms with Gasteiger partial charge in [0.2, 0.25) is 6.41 Å². The zero-order valence-corrected chi connectivity index (χ0v) is 5.27. The van der Waals surface area contributed by atoms with E-state index in [9.17, 15) is 0 Å². The fourth-order valence-corrected chi connectivity index (χ4v) is 0.253. The molecule has 1 amide bonds. The molecule has 5 heteroatoms. The van der Waals surface area contributed by atoms with Crippen LogP contribution in [0.5, 0.6) is 0 Å². The highest BCUT2D eigenvalue weighted by atomic mass is 16.1. The summed E-state index contributed by atoms with van der Waals surface area (Å²) in [5.74, 6) is 4.41. The maximum Gasteiger partial charge on any atom is 0.221 e. The predicted octanol–water partition coefficient (Wildman–Crippen LogP) is -0.917. The Morgan fingerprint density at radius 1 is 1.40 bits per heavy atom. The molecule has 10 heavy (non-hydrogen) atoms. The normalized spacial score (nSPS) is 6.90. The first-order chi connectivity index (χ1) is 4.91. The Labute approximate surface area is 58.3 Å².